The number of aromatic nitrogens is 2. The van der Waals surface area contributed by atoms with Gasteiger partial charge in [-0.05, 0) is 30.7 Å². The van der Waals surface area contributed by atoms with Crippen molar-refractivity contribution in [3.8, 4) is 11.5 Å². The van der Waals surface area contributed by atoms with Gasteiger partial charge in [-0.3, -0.25) is 0 Å². The first-order chi connectivity index (χ1) is 8.78. The minimum absolute atomic E-state index is 0.340. The third kappa shape index (κ3) is 3.41. The summed E-state index contributed by atoms with van der Waals surface area (Å²) in [6.07, 6.45) is 2.77. The number of nitrogen functional groups attached to an aromatic ring is 1. The normalized spacial score (nSPS) is 10.3. The Morgan fingerprint density at radius 2 is 1.78 bits per heavy atom. The highest BCUT2D eigenvalue weighted by atomic mass is 16.5. The quantitative estimate of drug-likeness (QED) is 0.850. The molecule has 0 aliphatic heterocycles. The van der Waals surface area contributed by atoms with Crippen molar-refractivity contribution in [2.24, 2.45) is 0 Å². The number of hydrogen-bond acceptors (Lipinski definition) is 4. The second-order valence-corrected chi connectivity index (χ2v) is 3.87. The van der Waals surface area contributed by atoms with Crippen LogP contribution in [0.1, 0.15) is 13.3 Å². The van der Waals surface area contributed by atoms with E-state index in [1.807, 2.05) is 24.3 Å². The zero-order chi connectivity index (χ0) is 12.8. The van der Waals surface area contributed by atoms with Gasteiger partial charge in [-0.2, -0.15) is 5.10 Å². The van der Waals surface area contributed by atoms with Crippen molar-refractivity contribution in [3.05, 3.63) is 36.5 Å². The summed E-state index contributed by atoms with van der Waals surface area (Å²) in [5.74, 6) is 2.11. The van der Waals surface area contributed by atoms with Crippen molar-refractivity contribution >= 4 is 5.82 Å². The Morgan fingerprint density at radius 1 is 1.11 bits per heavy atom. The number of ether oxygens (including phenoxy) is 2. The van der Waals surface area contributed by atoms with E-state index < -0.39 is 0 Å². The van der Waals surface area contributed by atoms with Gasteiger partial charge in [0, 0.05) is 12.3 Å². The van der Waals surface area contributed by atoms with Crippen LogP contribution in [0.2, 0.25) is 0 Å². The molecule has 0 radical (unpaired) electrons. The number of nitrogens with two attached hydrogens (primary N) is 1. The monoisotopic (exact) mass is 247 g/mol. The molecular formula is C13H17N3O2. The minimum Gasteiger partial charge on any atom is -0.494 e. The summed E-state index contributed by atoms with van der Waals surface area (Å²) in [6, 6.07) is 9.26. The van der Waals surface area contributed by atoms with E-state index in [4.69, 9.17) is 15.2 Å². The maximum absolute atomic E-state index is 5.55. The number of anilines is 1. The van der Waals surface area contributed by atoms with Gasteiger partial charge in [0.1, 0.15) is 17.3 Å². The SMILES string of the molecule is CCCOc1ccc(OCn2ccc(N)n2)cc1. The summed E-state index contributed by atoms with van der Waals surface area (Å²) >= 11 is 0. The molecule has 96 valence electrons. The van der Waals surface area contributed by atoms with Crippen LogP contribution < -0.4 is 15.2 Å². The fourth-order valence-corrected chi connectivity index (χ4v) is 1.44. The highest BCUT2D eigenvalue weighted by Crippen LogP contribution is 2.18. The van der Waals surface area contributed by atoms with Crippen molar-refractivity contribution in [1.82, 2.24) is 9.78 Å². The van der Waals surface area contributed by atoms with Crippen LogP contribution in [0.3, 0.4) is 0 Å². The van der Waals surface area contributed by atoms with Crippen LogP contribution in [-0.2, 0) is 6.73 Å². The molecule has 0 saturated carbocycles. The van der Waals surface area contributed by atoms with E-state index in [0.29, 0.717) is 12.5 Å². The van der Waals surface area contributed by atoms with Crippen LogP contribution in [0.25, 0.3) is 0 Å². The van der Waals surface area contributed by atoms with E-state index in [9.17, 15) is 0 Å². The molecule has 5 nitrogen and oxygen atoms in total. The first kappa shape index (κ1) is 12.3. The molecule has 5 heteroatoms. The molecule has 1 heterocycles. The highest BCUT2D eigenvalue weighted by molar-refractivity contribution is 5.31. The van der Waals surface area contributed by atoms with Crippen molar-refractivity contribution in [1.29, 1.82) is 0 Å². The van der Waals surface area contributed by atoms with Crippen LogP contribution in [0.5, 0.6) is 11.5 Å². The Labute approximate surface area is 106 Å². The van der Waals surface area contributed by atoms with Crippen molar-refractivity contribution in [2.45, 2.75) is 20.1 Å². The Morgan fingerprint density at radius 3 is 2.33 bits per heavy atom. The smallest absolute Gasteiger partial charge is 0.180 e. The molecule has 0 spiro atoms. The number of nitrogens with zero attached hydrogens (tertiary/aromatic N) is 2. The van der Waals surface area contributed by atoms with Crippen LogP contribution in [-0.4, -0.2) is 16.4 Å². The van der Waals surface area contributed by atoms with Crippen molar-refractivity contribution in [3.63, 3.8) is 0 Å². The average molecular weight is 247 g/mol. The lowest BCUT2D eigenvalue weighted by Crippen LogP contribution is -2.06. The fourth-order valence-electron chi connectivity index (χ4n) is 1.44. The van der Waals surface area contributed by atoms with Gasteiger partial charge >= 0.3 is 0 Å². The Hall–Kier alpha value is -2.17. The zero-order valence-electron chi connectivity index (χ0n) is 10.4. The standard InChI is InChI=1S/C13H17N3O2/c1-2-9-17-11-3-5-12(6-4-11)18-10-16-8-7-13(14)15-16/h3-8H,2,9-10H2,1H3,(H2,14,15). The molecule has 0 unspecified atom stereocenters. The van der Waals surface area contributed by atoms with E-state index >= 15 is 0 Å². The predicted molar refractivity (Wildman–Crippen MR) is 69.5 cm³/mol. The van der Waals surface area contributed by atoms with Crippen LogP contribution in [0.4, 0.5) is 5.82 Å². The fraction of sp³-hybridized carbons (Fsp3) is 0.308. The molecule has 0 aliphatic rings. The van der Waals surface area contributed by atoms with Gasteiger partial charge in [-0.25, -0.2) is 4.68 Å². The molecule has 2 rings (SSSR count). The number of hydrogen-bond donors (Lipinski definition) is 1. The summed E-state index contributed by atoms with van der Waals surface area (Å²) in [5, 5.41) is 4.03. The second kappa shape index (κ2) is 5.95. The summed E-state index contributed by atoms with van der Waals surface area (Å²) in [4.78, 5) is 0. The Balaban J connectivity index is 1.86. The third-order valence-corrected chi connectivity index (χ3v) is 2.32. The molecule has 0 bridgehead atoms. The van der Waals surface area contributed by atoms with Crippen LogP contribution >= 0.6 is 0 Å². The lowest BCUT2D eigenvalue weighted by atomic mass is 10.3. The molecule has 0 aliphatic carbocycles. The molecule has 1 aromatic heterocycles. The summed E-state index contributed by atoms with van der Waals surface area (Å²) in [6.45, 7) is 3.15. The zero-order valence-corrected chi connectivity index (χ0v) is 10.4. The van der Waals surface area contributed by atoms with Gasteiger partial charge in [0.25, 0.3) is 0 Å². The maximum Gasteiger partial charge on any atom is 0.180 e. The van der Waals surface area contributed by atoms with Gasteiger partial charge in [-0.15, -0.1) is 0 Å². The van der Waals surface area contributed by atoms with Gasteiger partial charge in [-0.1, -0.05) is 6.92 Å². The third-order valence-electron chi connectivity index (χ3n) is 2.32. The van der Waals surface area contributed by atoms with Gasteiger partial charge < -0.3 is 15.2 Å². The molecule has 1 aromatic carbocycles. The molecular weight excluding hydrogens is 230 g/mol. The van der Waals surface area contributed by atoms with Gasteiger partial charge in [0.05, 0.1) is 6.61 Å². The van der Waals surface area contributed by atoms with Crippen LogP contribution in [0, 0.1) is 0 Å². The molecule has 0 amide bonds. The molecule has 18 heavy (non-hydrogen) atoms. The first-order valence-electron chi connectivity index (χ1n) is 5.92. The summed E-state index contributed by atoms with van der Waals surface area (Å²) < 4.78 is 12.7. The summed E-state index contributed by atoms with van der Waals surface area (Å²) in [5.41, 5.74) is 5.51. The first-order valence-corrected chi connectivity index (χ1v) is 5.92. The van der Waals surface area contributed by atoms with Gasteiger partial charge in [0.15, 0.2) is 6.73 Å². The largest absolute Gasteiger partial charge is 0.494 e. The maximum atomic E-state index is 5.55. The molecule has 2 aromatic rings. The summed E-state index contributed by atoms with van der Waals surface area (Å²) in [7, 11) is 0. The topological polar surface area (TPSA) is 62.3 Å². The van der Waals surface area contributed by atoms with Gasteiger partial charge in [0.2, 0.25) is 0 Å². The second-order valence-electron chi connectivity index (χ2n) is 3.87. The van der Waals surface area contributed by atoms with E-state index in [0.717, 1.165) is 24.5 Å². The van der Waals surface area contributed by atoms with Crippen molar-refractivity contribution in [2.75, 3.05) is 12.3 Å². The lowest BCUT2D eigenvalue weighted by molar-refractivity contribution is 0.221. The average Bonchev–Trinajstić information content (AvgIpc) is 2.81. The van der Waals surface area contributed by atoms with E-state index in [2.05, 4.69) is 12.0 Å². The predicted octanol–water partition coefficient (Wildman–Crippen LogP) is 2.29. The highest BCUT2D eigenvalue weighted by Gasteiger charge is 1.98. The number of benzene rings is 1. The van der Waals surface area contributed by atoms with E-state index in [-0.39, 0.29) is 0 Å². The van der Waals surface area contributed by atoms with E-state index in [1.165, 1.54) is 0 Å². The molecule has 0 atom stereocenters. The lowest BCUT2D eigenvalue weighted by Gasteiger charge is -2.08. The van der Waals surface area contributed by atoms with Crippen LogP contribution in [0.15, 0.2) is 36.5 Å². The Bertz CT molecular complexity index is 479. The van der Waals surface area contributed by atoms with Crippen molar-refractivity contribution < 1.29 is 9.47 Å². The Kier molecular flexibility index (Phi) is 4.06. The molecule has 0 fully saturated rings. The number of rotatable bonds is 6. The minimum atomic E-state index is 0.340. The molecule has 0 saturated heterocycles. The molecule has 2 N–H and O–H groups in total. The van der Waals surface area contributed by atoms with E-state index in [1.54, 1.807) is 16.9 Å².